The van der Waals surface area contributed by atoms with Crippen molar-refractivity contribution in [2.45, 2.75) is 38.8 Å². The molecule has 2 amide bonds. The van der Waals surface area contributed by atoms with Gasteiger partial charge in [0.15, 0.2) is 0 Å². The molecule has 1 N–H and O–H groups in total. The van der Waals surface area contributed by atoms with Gasteiger partial charge in [0.1, 0.15) is 6.04 Å². The number of amides is 2. The summed E-state index contributed by atoms with van der Waals surface area (Å²) in [6.07, 6.45) is -0.722. The molecule has 21 heavy (non-hydrogen) atoms. The molecule has 0 saturated carbocycles. The third-order valence-corrected chi connectivity index (χ3v) is 3.24. The molecule has 1 rings (SSSR count). The van der Waals surface area contributed by atoms with Gasteiger partial charge in [0.25, 0.3) is 0 Å². The Kier molecular flexibility index (Phi) is 5.35. The van der Waals surface area contributed by atoms with Gasteiger partial charge in [-0.2, -0.15) is 0 Å². The van der Waals surface area contributed by atoms with Crippen LogP contribution in [0.3, 0.4) is 0 Å². The molecule has 1 aromatic rings. The van der Waals surface area contributed by atoms with Crippen LogP contribution in [-0.4, -0.2) is 52.6 Å². The zero-order chi connectivity index (χ0) is 16.2. The molecule has 0 bridgehead atoms. The molecule has 0 saturated heterocycles. The van der Waals surface area contributed by atoms with Gasteiger partial charge in [-0.3, -0.25) is 9.69 Å². The van der Waals surface area contributed by atoms with E-state index in [4.69, 9.17) is 0 Å². The van der Waals surface area contributed by atoms with Gasteiger partial charge in [-0.25, -0.2) is 4.79 Å². The molecule has 5 heteroatoms. The molecule has 5 nitrogen and oxygen atoms in total. The van der Waals surface area contributed by atoms with Gasteiger partial charge < -0.3 is 10.0 Å². The standard InChI is InChI=1S/C16H24N2O3/c1-16(2,3)18(15(20)21)13(14(19)17(4)5)11-12-9-7-6-8-10-12/h6-10,13H,11H2,1-5H3,(H,20,21). The lowest BCUT2D eigenvalue weighted by Crippen LogP contribution is -2.57. The second kappa shape index (κ2) is 6.61. The van der Waals surface area contributed by atoms with Crippen LogP contribution < -0.4 is 0 Å². The van der Waals surface area contributed by atoms with Gasteiger partial charge in [0.2, 0.25) is 5.91 Å². The maximum atomic E-state index is 12.5. The molecule has 0 aromatic heterocycles. The molecule has 0 spiro atoms. The molecule has 0 aliphatic rings. The number of carbonyl (C=O) groups is 2. The van der Waals surface area contributed by atoms with Gasteiger partial charge in [-0.15, -0.1) is 0 Å². The lowest BCUT2D eigenvalue weighted by molar-refractivity contribution is -0.135. The van der Waals surface area contributed by atoms with Crippen LogP contribution in [0.5, 0.6) is 0 Å². The number of likely N-dealkylation sites (N-methyl/N-ethyl adjacent to an activating group) is 1. The minimum atomic E-state index is -1.08. The maximum Gasteiger partial charge on any atom is 0.408 e. The summed E-state index contributed by atoms with van der Waals surface area (Å²) in [6, 6.07) is 8.73. The molecular weight excluding hydrogens is 268 g/mol. The van der Waals surface area contributed by atoms with Gasteiger partial charge in [0, 0.05) is 26.1 Å². The fraction of sp³-hybridized carbons (Fsp3) is 0.500. The predicted molar refractivity (Wildman–Crippen MR) is 82.2 cm³/mol. The first-order chi connectivity index (χ1) is 9.64. The van der Waals surface area contributed by atoms with Gasteiger partial charge >= 0.3 is 6.09 Å². The predicted octanol–water partition coefficient (Wildman–Crippen LogP) is 2.46. The largest absolute Gasteiger partial charge is 0.465 e. The monoisotopic (exact) mass is 292 g/mol. The summed E-state index contributed by atoms with van der Waals surface area (Å²) in [4.78, 5) is 26.8. The van der Waals surface area contributed by atoms with E-state index < -0.39 is 17.7 Å². The molecular formula is C16H24N2O3. The minimum absolute atomic E-state index is 0.212. The van der Waals surface area contributed by atoms with Crippen molar-refractivity contribution in [1.29, 1.82) is 0 Å². The first-order valence-corrected chi connectivity index (χ1v) is 6.92. The molecule has 1 unspecified atom stereocenters. The number of carbonyl (C=O) groups excluding carboxylic acids is 1. The Labute approximate surface area is 126 Å². The second-order valence-corrected chi connectivity index (χ2v) is 6.26. The summed E-state index contributed by atoms with van der Waals surface area (Å²) in [5.41, 5.74) is 0.282. The Bertz CT molecular complexity index is 492. The van der Waals surface area contributed by atoms with Crippen molar-refractivity contribution in [1.82, 2.24) is 9.80 Å². The van der Waals surface area contributed by atoms with Crippen LogP contribution in [0.1, 0.15) is 26.3 Å². The van der Waals surface area contributed by atoms with Crippen LogP contribution in [-0.2, 0) is 11.2 Å². The molecule has 0 fully saturated rings. The van der Waals surface area contributed by atoms with E-state index in [1.807, 2.05) is 30.3 Å². The van der Waals surface area contributed by atoms with Crippen LogP contribution in [0, 0.1) is 0 Å². The third kappa shape index (κ3) is 4.48. The lowest BCUT2D eigenvalue weighted by atomic mass is 9.97. The smallest absolute Gasteiger partial charge is 0.408 e. The third-order valence-electron chi connectivity index (χ3n) is 3.24. The van der Waals surface area contributed by atoms with Gasteiger partial charge in [-0.1, -0.05) is 30.3 Å². The Morgan fingerprint density at radius 3 is 2.05 bits per heavy atom. The van der Waals surface area contributed by atoms with E-state index in [1.54, 1.807) is 34.9 Å². The van der Waals surface area contributed by atoms with E-state index in [0.29, 0.717) is 6.42 Å². The van der Waals surface area contributed by atoms with E-state index in [-0.39, 0.29) is 5.91 Å². The summed E-state index contributed by atoms with van der Waals surface area (Å²) in [5, 5.41) is 9.54. The van der Waals surface area contributed by atoms with E-state index in [1.165, 1.54) is 9.80 Å². The quantitative estimate of drug-likeness (QED) is 0.927. The SMILES string of the molecule is CN(C)C(=O)C(Cc1ccccc1)N(C(=O)O)C(C)(C)C. The van der Waals surface area contributed by atoms with Crippen molar-refractivity contribution in [2.24, 2.45) is 0 Å². The highest BCUT2D eigenvalue weighted by atomic mass is 16.4. The number of carboxylic acid groups (broad SMARTS) is 1. The van der Waals surface area contributed by atoms with Crippen LogP contribution in [0.4, 0.5) is 4.79 Å². The van der Waals surface area contributed by atoms with Crippen molar-refractivity contribution in [3.05, 3.63) is 35.9 Å². The number of benzene rings is 1. The van der Waals surface area contributed by atoms with Crippen LogP contribution in [0.2, 0.25) is 0 Å². The Balaban J connectivity index is 3.18. The highest BCUT2D eigenvalue weighted by Gasteiger charge is 2.38. The number of hydrogen-bond acceptors (Lipinski definition) is 2. The zero-order valence-electron chi connectivity index (χ0n) is 13.3. The maximum absolute atomic E-state index is 12.5. The first-order valence-electron chi connectivity index (χ1n) is 6.92. The number of hydrogen-bond donors (Lipinski definition) is 1. The van der Waals surface area contributed by atoms with Gasteiger partial charge in [0.05, 0.1) is 0 Å². The number of nitrogens with zero attached hydrogens (tertiary/aromatic N) is 2. The Morgan fingerprint density at radius 1 is 1.14 bits per heavy atom. The fourth-order valence-electron chi connectivity index (χ4n) is 2.31. The Hall–Kier alpha value is -2.04. The Morgan fingerprint density at radius 2 is 1.67 bits per heavy atom. The van der Waals surface area contributed by atoms with Crippen molar-refractivity contribution in [2.75, 3.05) is 14.1 Å². The fourth-order valence-corrected chi connectivity index (χ4v) is 2.31. The molecule has 0 radical (unpaired) electrons. The molecule has 0 heterocycles. The lowest BCUT2D eigenvalue weighted by Gasteiger charge is -2.39. The molecule has 1 atom stereocenters. The van der Waals surface area contributed by atoms with E-state index in [2.05, 4.69) is 0 Å². The second-order valence-electron chi connectivity index (χ2n) is 6.26. The summed E-state index contributed by atoms with van der Waals surface area (Å²) in [6.45, 7) is 5.38. The highest BCUT2D eigenvalue weighted by Crippen LogP contribution is 2.21. The van der Waals surface area contributed by atoms with Gasteiger partial charge in [-0.05, 0) is 26.3 Å². The molecule has 1 aromatic carbocycles. The van der Waals surface area contributed by atoms with Crippen molar-refractivity contribution >= 4 is 12.0 Å². The molecule has 0 aliphatic heterocycles. The summed E-state index contributed by atoms with van der Waals surface area (Å²) in [7, 11) is 3.28. The first kappa shape index (κ1) is 17.0. The summed E-state index contributed by atoms with van der Waals surface area (Å²) in [5.74, 6) is -0.212. The van der Waals surface area contributed by atoms with Crippen molar-refractivity contribution < 1.29 is 14.7 Å². The van der Waals surface area contributed by atoms with E-state index in [9.17, 15) is 14.7 Å². The number of rotatable bonds is 4. The summed E-state index contributed by atoms with van der Waals surface area (Å²) >= 11 is 0. The van der Waals surface area contributed by atoms with E-state index >= 15 is 0 Å². The van der Waals surface area contributed by atoms with Crippen molar-refractivity contribution in [3.63, 3.8) is 0 Å². The minimum Gasteiger partial charge on any atom is -0.465 e. The van der Waals surface area contributed by atoms with E-state index in [0.717, 1.165) is 5.56 Å². The van der Waals surface area contributed by atoms with Crippen LogP contribution in [0.15, 0.2) is 30.3 Å². The van der Waals surface area contributed by atoms with Crippen LogP contribution >= 0.6 is 0 Å². The topological polar surface area (TPSA) is 60.9 Å². The molecule has 0 aliphatic carbocycles. The van der Waals surface area contributed by atoms with Crippen molar-refractivity contribution in [3.8, 4) is 0 Å². The summed E-state index contributed by atoms with van der Waals surface area (Å²) < 4.78 is 0. The average Bonchev–Trinajstić information content (AvgIpc) is 2.36. The normalized spacial score (nSPS) is 12.6. The average molecular weight is 292 g/mol. The highest BCUT2D eigenvalue weighted by molar-refractivity contribution is 5.85. The zero-order valence-corrected chi connectivity index (χ0v) is 13.3. The molecule has 116 valence electrons. The van der Waals surface area contributed by atoms with Crippen LogP contribution in [0.25, 0.3) is 0 Å².